The highest BCUT2D eigenvalue weighted by atomic mass is 16.6. The Balaban J connectivity index is 3.86. The van der Waals surface area contributed by atoms with Gasteiger partial charge in [0, 0.05) is 6.08 Å². The Labute approximate surface area is 223 Å². The zero-order valence-electron chi connectivity index (χ0n) is 24.2. The Morgan fingerprint density at radius 2 is 0.784 bits per heavy atom. The molecule has 0 amide bonds. The normalized spacial score (nSPS) is 18.3. The first-order valence-corrected chi connectivity index (χ1v) is 13.2. The summed E-state index contributed by atoms with van der Waals surface area (Å²) in [5.41, 5.74) is 0. The van der Waals surface area contributed by atoms with Crippen LogP contribution in [0.4, 0.5) is 0 Å². The Morgan fingerprint density at radius 3 is 1.03 bits per heavy atom. The number of rotatable bonds is 24. The lowest BCUT2D eigenvalue weighted by molar-refractivity contribution is -0.143. The molecule has 10 nitrogen and oxygen atoms in total. The molecule has 0 saturated heterocycles. The van der Waals surface area contributed by atoms with Gasteiger partial charge < -0.3 is 43.0 Å². The van der Waals surface area contributed by atoms with Gasteiger partial charge in [0.1, 0.15) is 6.61 Å². The van der Waals surface area contributed by atoms with Gasteiger partial charge >= 0.3 is 5.97 Å². The molecule has 0 bridgehead atoms. The molecule has 8 unspecified atom stereocenters. The van der Waals surface area contributed by atoms with Crippen molar-refractivity contribution in [1.29, 1.82) is 0 Å². The molecule has 0 aliphatic rings. The molecule has 220 valence electrons. The molecular weight excluding hydrogens is 484 g/mol. The van der Waals surface area contributed by atoms with E-state index in [2.05, 4.69) is 6.58 Å². The summed E-state index contributed by atoms with van der Waals surface area (Å²) in [7, 11) is 0. The van der Waals surface area contributed by atoms with E-state index in [9.17, 15) is 9.90 Å². The molecule has 8 atom stereocenters. The van der Waals surface area contributed by atoms with Gasteiger partial charge in [-0.05, 0) is 55.4 Å². The molecule has 0 fully saturated rings. The van der Waals surface area contributed by atoms with Gasteiger partial charge in [-0.25, -0.2) is 4.79 Å². The molecule has 0 aromatic rings. The third kappa shape index (κ3) is 22.6. The number of carbonyl (C=O) groups is 1. The van der Waals surface area contributed by atoms with E-state index in [1.807, 2.05) is 48.5 Å². The standard InChI is InChI=1S/C27H52O10/c1-10-27(29)37-18-26(9)36-17-25(8)35-16-24(7)34-15-23(6)33-14-22(5)32-13-21(4)31-12-20(3)30-11-19(2)28/h10,19-26,28H,1,11-18H2,2-9H3. The van der Waals surface area contributed by atoms with Crippen LogP contribution in [0.5, 0.6) is 0 Å². The van der Waals surface area contributed by atoms with Gasteiger partial charge in [-0.2, -0.15) is 0 Å². The molecule has 0 heterocycles. The van der Waals surface area contributed by atoms with E-state index in [1.165, 1.54) is 0 Å². The fraction of sp³-hybridized carbons (Fsp3) is 0.889. The maximum absolute atomic E-state index is 11.1. The topological polar surface area (TPSA) is 111 Å². The van der Waals surface area contributed by atoms with Crippen LogP contribution in [0.2, 0.25) is 0 Å². The highest BCUT2D eigenvalue weighted by Gasteiger charge is 2.14. The lowest BCUT2D eigenvalue weighted by Crippen LogP contribution is -2.30. The summed E-state index contributed by atoms with van der Waals surface area (Å²) < 4.78 is 45.0. The van der Waals surface area contributed by atoms with Crippen molar-refractivity contribution in [2.45, 2.75) is 104 Å². The first-order valence-electron chi connectivity index (χ1n) is 13.2. The average molecular weight is 537 g/mol. The predicted octanol–water partition coefficient (Wildman–Crippen LogP) is 2.93. The number of carbonyl (C=O) groups excluding carboxylic acids is 1. The first kappa shape index (κ1) is 35.9. The third-order valence-corrected chi connectivity index (χ3v) is 4.94. The molecule has 0 aliphatic heterocycles. The predicted molar refractivity (Wildman–Crippen MR) is 141 cm³/mol. The molecule has 0 aromatic carbocycles. The Morgan fingerprint density at radius 1 is 0.541 bits per heavy atom. The summed E-state index contributed by atoms with van der Waals surface area (Å²) in [5, 5.41) is 9.26. The van der Waals surface area contributed by atoms with Crippen LogP contribution in [0.15, 0.2) is 12.7 Å². The molecule has 37 heavy (non-hydrogen) atoms. The highest BCUT2D eigenvalue weighted by molar-refractivity contribution is 5.81. The van der Waals surface area contributed by atoms with Gasteiger partial charge in [-0.1, -0.05) is 6.58 Å². The lowest BCUT2D eigenvalue weighted by atomic mass is 10.3. The molecular formula is C27H52O10. The van der Waals surface area contributed by atoms with Gasteiger partial charge in [0.15, 0.2) is 0 Å². The summed E-state index contributed by atoms with van der Waals surface area (Å²) in [5.74, 6) is -0.465. The molecule has 0 radical (unpaired) electrons. The Kier molecular flexibility index (Phi) is 21.1. The number of esters is 1. The number of hydrogen-bond acceptors (Lipinski definition) is 10. The summed E-state index contributed by atoms with van der Waals surface area (Å²) in [4.78, 5) is 11.1. The fourth-order valence-corrected chi connectivity index (χ4v) is 2.70. The minimum Gasteiger partial charge on any atom is -0.460 e. The van der Waals surface area contributed by atoms with Gasteiger partial charge in [0.2, 0.25) is 0 Å². The maximum Gasteiger partial charge on any atom is 0.330 e. The van der Waals surface area contributed by atoms with E-state index in [1.54, 1.807) is 6.92 Å². The Hall–Kier alpha value is -1.11. The largest absolute Gasteiger partial charge is 0.460 e. The van der Waals surface area contributed by atoms with Crippen molar-refractivity contribution < 1.29 is 47.8 Å². The van der Waals surface area contributed by atoms with Gasteiger partial charge in [-0.3, -0.25) is 0 Å². The smallest absolute Gasteiger partial charge is 0.330 e. The van der Waals surface area contributed by atoms with E-state index in [0.29, 0.717) is 46.2 Å². The van der Waals surface area contributed by atoms with E-state index in [-0.39, 0.29) is 49.3 Å². The van der Waals surface area contributed by atoms with Crippen molar-refractivity contribution >= 4 is 5.97 Å². The van der Waals surface area contributed by atoms with Gasteiger partial charge in [-0.15, -0.1) is 0 Å². The second kappa shape index (κ2) is 21.8. The van der Waals surface area contributed by atoms with Crippen molar-refractivity contribution in [1.82, 2.24) is 0 Å². The SMILES string of the molecule is C=CC(=O)OCC(C)OCC(C)OCC(C)OCC(C)OCC(C)OCC(C)OCC(C)OCC(C)O. The van der Waals surface area contributed by atoms with E-state index in [4.69, 9.17) is 37.9 Å². The monoisotopic (exact) mass is 536 g/mol. The van der Waals surface area contributed by atoms with Crippen molar-refractivity contribution in [3.05, 3.63) is 12.7 Å². The van der Waals surface area contributed by atoms with Crippen molar-refractivity contribution in [3.8, 4) is 0 Å². The van der Waals surface area contributed by atoms with E-state index < -0.39 is 12.1 Å². The molecule has 0 spiro atoms. The fourth-order valence-electron chi connectivity index (χ4n) is 2.70. The summed E-state index contributed by atoms with van der Waals surface area (Å²) >= 11 is 0. The second-order valence-electron chi connectivity index (χ2n) is 9.69. The van der Waals surface area contributed by atoms with Crippen LogP contribution in [0.3, 0.4) is 0 Å². The zero-order valence-corrected chi connectivity index (χ0v) is 24.2. The molecule has 0 saturated carbocycles. The second-order valence-corrected chi connectivity index (χ2v) is 9.69. The average Bonchev–Trinajstić information content (AvgIpc) is 2.87. The third-order valence-electron chi connectivity index (χ3n) is 4.94. The van der Waals surface area contributed by atoms with Gasteiger partial charge in [0.05, 0.1) is 95.1 Å². The summed E-state index contributed by atoms with van der Waals surface area (Å²) in [6, 6.07) is 0. The number of ether oxygens (including phenoxy) is 8. The van der Waals surface area contributed by atoms with Crippen LogP contribution < -0.4 is 0 Å². The first-order chi connectivity index (χ1) is 17.4. The lowest BCUT2D eigenvalue weighted by Gasteiger charge is -2.23. The number of hydrogen-bond donors (Lipinski definition) is 1. The van der Waals surface area contributed by atoms with Crippen LogP contribution in [-0.4, -0.2) is 113 Å². The molecule has 1 N–H and O–H groups in total. The molecule has 10 heteroatoms. The molecule has 0 aromatic heterocycles. The van der Waals surface area contributed by atoms with Crippen LogP contribution in [-0.2, 0) is 42.7 Å². The molecule has 0 aliphatic carbocycles. The Bertz CT molecular complexity index is 573. The van der Waals surface area contributed by atoms with Crippen LogP contribution in [0.25, 0.3) is 0 Å². The van der Waals surface area contributed by atoms with Crippen LogP contribution >= 0.6 is 0 Å². The minimum atomic E-state index is -0.486. The van der Waals surface area contributed by atoms with Gasteiger partial charge in [0.25, 0.3) is 0 Å². The minimum absolute atomic E-state index is 0.0764. The number of aliphatic hydroxyl groups excluding tert-OH is 1. The van der Waals surface area contributed by atoms with E-state index >= 15 is 0 Å². The summed E-state index contributed by atoms with van der Waals surface area (Å²) in [6.07, 6.45) is -0.149. The quantitative estimate of drug-likeness (QED) is 0.146. The van der Waals surface area contributed by atoms with Crippen LogP contribution in [0, 0.1) is 0 Å². The van der Waals surface area contributed by atoms with Crippen molar-refractivity contribution in [2.24, 2.45) is 0 Å². The van der Waals surface area contributed by atoms with Crippen molar-refractivity contribution in [3.63, 3.8) is 0 Å². The zero-order chi connectivity index (χ0) is 28.2. The summed E-state index contributed by atoms with van der Waals surface area (Å²) in [6.45, 7) is 21.6. The maximum atomic E-state index is 11.1. The van der Waals surface area contributed by atoms with E-state index in [0.717, 1.165) is 6.08 Å². The molecule has 0 rings (SSSR count). The van der Waals surface area contributed by atoms with Crippen molar-refractivity contribution in [2.75, 3.05) is 52.9 Å². The number of aliphatic hydroxyl groups is 1. The van der Waals surface area contributed by atoms with Crippen LogP contribution in [0.1, 0.15) is 55.4 Å². The highest BCUT2D eigenvalue weighted by Crippen LogP contribution is 2.05.